The first-order chi connectivity index (χ1) is 9.12. The average Bonchev–Trinajstić information content (AvgIpc) is 3.05. The molecule has 0 fully saturated rings. The quantitative estimate of drug-likeness (QED) is 0.619. The van der Waals surface area contributed by atoms with Crippen LogP contribution in [-0.2, 0) is 23.1 Å². The van der Waals surface area contributed by atoms with Gasteiger partial charge in [0.05, 0.1) is 13.1 Å². The molecule has 3 N–H and O–H groups in total. The summed E-state index contributed by atoms with van der Waals surface area (Å²) in [6.45, 7) is 3.16. The average molecular weight is 286 g/mol. The Morgan fingerprint density at radius 3 is 2.89 bits per heavy atom. The van der Waals surface area contributed by atoms with E-state index < -0.39 is 10.0 Å². The molecule has 104 valence electrons. The summed E-state index contributed by atoms with van der Waals surface area (Å²) in [5, 5.41) is 15.8. The Kier molecular flexibility index (Phi) is 4.24. The number of sulfonamides is 1. The highest BCUT2D eigenvalue weighted by atomic mass is 32.2. The van der Waals surface area contributed by atoms with Crippen molar-refractivity contribution in [1.29, 1.82) is 0 Å². The molecule has 0 aliphatic heterocycles. The molecule has 0 aliphatic rings. The van der Waals surface area contributed by atoms with Gasteiger partial charge in [-0.2, -0.15) is 5.21 Å². The maximum atomic E-state index is 11.9. The molecule has 0 aliphatic carbocycles. The maximum Gasteiger partial charge on any atom is 0.274 e. The maximum absolute atomic E-state index is 11.9. The first-order valence-electron chi connectivity index (χ1n) is 5.63. The highest BCUT2D eigenvalue weighted by molar-refractivity contribution is 7.89. The van der Waals surface area contributed by atoms with Crippen LogP contribution < -0.4 is 10.0 Å². The number of furan rings is 1. The standard InChI is InChI=1S/C9H14N6O3S/c1-2-10-5-7-3-4-9(18-7)19(16,17)11-6-8-12-14-15-13-8/h3-4,10-11H,2,5-6H2,1H3,(H,12,13,14,15). The summed E-state index contributed by atoms with van der Waals surface area (Å²) in [5.74, 6) is 0.810. The lowest BCUT2D eigenvalue weighted by atomic mass is 10.4. The summed E-state index contributed by atoms with van der Waals surface area (Å²) in [4.78, 5) is 0. The van der Waals surface area contributed by atoms with Crippen LogP contribution in [0.4, 0.5) is 0 Å². The number of tetrazole rings is 1. The molecule has 0 bridgehead atoms. The van der Waals surface area contributed by atoms with E-state index in [0.717, 1.165) is 6.54 Å². The van der Waals surface area contributed by atoms with Gasteiger partial charge in [-0.25, -0.2) is 13.1 Å². The van der Waals surface area contributed by atoms with Crippen molar-refractivity contribution in [3.05, 3.63) is 23.7 Å². The Morgan fingerprint density at radius 1 is 1.37 bits per heavy atom. The second kappa shape index (κ2) is 5.91. The fourth-order valence-electron chi connectivity index (χ4n) is 1.33. The van der Waals surface area contributed by atoms with Crippen molar-refractivity contribution in [3.63, 3.8) is 0 Å². The molecule has 0 aromatic carbocycles. The van der Waals surface area contributed by atoms with Gasteiger partial charge in [0.1, 0.15) is 5.76 Å². The van der Waals surface area contributed by atoms with E-state index in [9.17, 15) is 8.42 Å². The van der Waals surface area contributed by atoms with E-state index in [1.165, 1.54) is 6.07 Å². The molecular formula is C9H14N6O3S. The van der Waals surface area contributed by atoms with Crippen LogP contribution in [0.25, 0.3) is 0 Å². The summed E-state index contributed by atoms with van der Waals surface area (Å²) >= 11 is 0. The molecule has 0 amide bonds. The third-order valence-corrected chi connectivity index (χ3v) is 3.53. The third kappa shape index (κ3) is 3.59. The minimum absolute atomic E-state index is 0.0535. The van der Waals surface area contributed by atoms with Gasteiger partial charge in [0.15, 0.2) is 5.82 Å². The SMILES string of the molecule is CCNCc1ccc(S(=O)(=O)NCc2nn[nH]n2)o1. The van der Waals surface area contributed by atoms with Crippen LogP contribution in [0.3, 0.4) is 0 Å². The van der Waals surface area contributed by atoms with Crippen molar-refractivity contribution in [2.45, 2.75) is 25.1 Å². The molecule has 0 radical (unpaired) electrons. The number of hydrogen-bond acceptors (Lipinski definition) is 7. The predicted molar refractivity (Wildman–Crippen MR) is 64.3 cm³/mol. The molecule has 9 nitrogen and oxygen atoms in total. The van der Waals surface area contributed by atoms with Crippen LogP contribution in [0.2, 0.25) is 0 Å². The summed E-state index contributed by atoms with van der Waals surface area (Å²) in [7, 11) is -3.71. The molecule has 0 unspecified atom stereocenters. The van der Waals surface area contributed by atoms with Crippen LogP contribution in [0.1, 0.15) is 18.5 Å². The Hall–Kier alpha value is -1.78. The van der Waals surface area contributed by atoms with Crippen molar-refractivity contribution >= 4 is 10.0 Å². The molecule has 0 saturated heterocycles. The Morgan fingerprint density at radius 2 is 2.21 bits per heavy atom. The highest BCUT2D eigenvalue weighted by Crippen LogP contribution is 2.13. The molecule has 2 rings (SSSR count). The summed E-state index contributed by atoms with van der Waals surface area (Å²) in [5.41, 5.74) is 0. The van der Waals surface area contributed by atoms with Crippen molar-refractivity contribution in [2.24, 2.45) is 0 Å². The Bertz CT molecular complexity index is 606. The Labute approximate surface area is 109 Å². The molecule has 2 aromatic rings. The Balaban J connectivity index is 2.00. The van der Waals surface area contributed by atoms with E-state index >= 15 is 0 Å². The third-order valence-electron chi connectivity index (χ3n) is 2.26. The van der Waals surface area contributed by atoms with E-state index in [-0.39, 0.29) is 17.5 Å². The summed E-state index contributed by atoms with van der Waals surface area (Å²) < 4.78 is 31.4. The van der Waals surface area contributed by atoms with Gasteiger partial charge in [-0.05, 0) is 18.7 Å². The monoisotopic (exact) mass is 286 g/mol. The smallest absolute Gasteiger partial charge is 0.274 e. The van der Waals surface area contributed by atoms with Gasteiger partial charge in [-0.1, -0.05) is 12.1 Å². The van der Waals surface area contributed by atoms with Crippen LogP contribution in [0, 0.1) is 0 Å². The van der Waals surface area contributed by atoms with Crippen LogP contribution >= 0.6 is 0 Å². The molecular weight excluding hydrogens is 272 g/mol. The normalized spacial score (nSPS) is 11.8. The van der Waals surface area contributed by atoms with Gasteiger partial charge in [0.25, 0.3) is 10.0 Å². The summed E-state index contributed by atoms with van der Waals surface area (Å²) in [6.07, 6.45) is 0. The number of aromatic nitrogens is 4. The zero-order chi connectivity index (χ0) is 13.7. The predicted octanol–water partition coefficient (Wildman–Crippen LogP) is -0.619. The molecule has 19 heavy (non-hydrogen) atoms. The number of nitrogens with zero attached hydrogens (tertiary/aromatic N) is 3. The first-order valence-corrected chi connectivity index (χ1v) is 7.11. The van der Waals surface area contributed by atoms with Crippen LogP contribution in [0.5, 0.6) is 0 Å². The molecule has 0 spiro atoms. The zero-order valence-electron chi connectivity index (χ0n) is 10.3. The van der Waals surface area contributed by atoms with Gasteiger partial charge in [-0.3, -0.25) is 0 Å². The van der Waals surface area contributed by atoms with Gasteiger partial charge < -0.3 is 9.73 Å². The van der Waals surface area contributed by atoms with Crippen molar-refractivity contribution in [2.75, 3.05) is 6.54 Å². The van der Waals surface area contributed by atoms with Crippen molar-refractivity contribution < 1.29 is 12.8 Å². The van der Waals surface area contributed by atoms with Gasteiger partial charge in [-0.15, -0.1) is 10.2 Å². The van der Waals surface area contributed by atoms with Gasteiger partial charge in [0.2, 0.25) is 5.09 Å². The molecule has 10 heteroatoms. The molecule has 0 atom stereocenters. The summed E-state index contributed by atoms with van der Waals surface area (Å²) in [6, 6.07) is 3.02. The lowest BCUT2D eigenvalue weighted by Gasteiger charge is -2.01. The number of hydrogen-bond donors (Lipinski definition) is 3. The largest absolute Gasteiger partial charge is 0.447 e. The number of H-pyrrole nitrogens is 1. The van der Waals surface area contributed by atoms with Crippen LogP contribution in [-0.4, -0.2) is 35.6 Å². The fraction of sp³-hybridized carbons (Fsp3) is 0.444. The molecule has 0 saturated carbocycles. The number of nitrogens with one attached hydrogen (secondary N) is 3. The van der Waals surface area contributed by atoms with E-state index in [1.54, 1.807) is 6.07 Å². The minimum Gasteiger partial charge on any atom is -0.447 e. The first kappa shape index (κ1) is 13.6. The highest BCUT2D eigenvalue weighted by Gasteiger charge is 2.19. The number of rotatable bonds is 7. The topological polar surface area (TPSA) is 126 Å². The van der Waals surface area contributed by atoms with E-state index in [2.05, 4.69) is 30.7 Å². The second-order valence-corrected chi connectivity index (χ2v) is 5.35. The van der Waals surface area contributed by atoms with Gasteiger partial charge >= 0.3 is 0 Å². The van der Waals surface area contributed by atoms with E-state index in [0.29, 0.717) is 12.3 Å². The minimum atomic E-state index is -3.71. The lowest BCUT2D eigenvalue weighted by molar-refractivity contribution is 0.401. The van der Waals surface area contributed by atoms with E-state index in [4.69, 9.17) is 4.42 Å². The van der Waals surface area contributed by atoms with E-state index in [1.807, 2.05) is 6.92 Å². The second-order valence-electron chi connectivity index (χ2n) is 3.65. The van der Waals surface area contributed by atoms with Crippen LogP contribution in [0.15, 0.2) is 21.6 Å². The molecule has 2 aromatic heterocycles. The zero-order valence-corrected chi connectivity index (χ0v) is 11.1. The fourth-order valence-corrected chi connectivity index (χ4v) is 2.26. The molecule has 2 heterocycles. The lowest BCUT2D eigenvalue weighted by Crippen LogP contribution is -2.23. The van der Waals surface area contributed by atoms with Crippen molar-refractivity contribution in [3.8, 4) is 0 Å². The number of aromatic amines is 1. The van der Waals surface area contributed by atoms with Gasteiger partial charge in [0, 0.05) is 0 Å². The van der Waals surface area contributed by atoms with Crippen molar-refractivity contribution in [1.82, 2.24) is 30.7 Å².